The van der Waals surface area contributed by atoms with Crippen LogP contribution in [0.4, 0.5) is 0 Å². The van der Waals surface area contributed by atoms with Gasteiger partial charge in [0.25, 0.3) is 0 Å². The van der Waals surface area contributed by atoms with Gasteiger partial charge in [0, 0.05) is 18.5 Å². The molecular formula is C12H20N4O. The van der Waals surface area contributed by atoms with Crippen molar-refractivity contribution in [1.29, 1.82) is 0 Å². The third-order valence-corrected chi connectivity index (χ3v) is 3.80. The minimum Gasteiger partial charge on any atom is -0.338 e. The first-order valence-electron chi connectivity index (χ1n) is 6.52. The molecule has 1 aromatic heterocycles. The number of hydrogen-bond donors (Lipinski definition) is 1. The molecule has 2 aliphatic rings. The third-order valence-electron chi connectivity index (χ3n) is 3.80. The summed E-state index contributed by atoms with van der Waals surface area (Å²) in [5.41, 5.74) is 0.210. The van der Waals surface area contributed by atoms with Crippen LogP contribution in [0.25, 0.3) is 0 Å². The molecule has 1 saturated carbocycles. The normalized spacial score (nSPS) is 24.5. The van der Waals surface area contributed by atoms with Crippen LogP contribution in [-0.2, 0) is 12.0 Å². The first kappa shape index (κ1) is 11.2. The highest BCUT2D eigenvalue weighted by Crippen LogP contribution is 2.45. The monoisotopic (exact) mass is 236 g/mol. The lowest BCUT2D eigenvalue weighted by molar-refractivity contribution is 0.238. The fourth-order valence-corrected chi connectivity index (χ4v) is 2.23. The molecule has 0 bridgehead atoms. The molecule has 0 aromatic carbocycles. The summed E-state index contributed by atoms with van der Waals surface area (Å²) in [6.45, 7) is 7.35. The molecule has 0 spiro atoms. The van der Waals surface area contributed by atoms with E-state index < -0.39 is 0 Å². The first-order valence-corrected chi connectivity index (χ1v) is 6.52. The molecule has 0 radical (unpaired) electrons. The SMILES string of the molecule is CC1(c2noc(CN3CCCNCC3)n2)CC1. The van der Waals surface area contributed by atoms with Crippen LogP contribution in [-0.4, -0.2) is 41.2 Å². The van der Waals surface area contributed by atoms with Gasteiger partial charge in [0.05, 0.1) is 6.54 Å². The van der Waals surface area contributed by atoms with Crippen molar-refractivity contribution < 1.29 is 4.52 Å². The Hall–Kier alpha value is -0.940. The average molecular weight is 236 g/mol. The number of nitrogens with one attached hydrogen (secondary N) is 1. The second-order valence-electron chi connectivity index (χ2n) is 5.45. The molecule has 1 N–H and O–H groups in total. The van der Waals surface area contributed by atoms with Gasteiger partial charge in [0.15, 0.2) is 5.82 Å². The van der Waals surface area contributed by atoms with Crippen molar-refractivity contribution in [2.45, 2.75) is 38.1 Å². The lowest BCUT2D eigenvalue weighted by Gasteiger charge is -2.16. The van der Waals surface area contributed by atoms with E-state index in [-0.39, 0.29) is 5.41 Å². The zero-order valence-corrected chi connectivity index (χ0v) is 10.4. The molecule has 1 aromatic rings. The summed E-state index contributed by atoms with van der Waals surface area (Å²) in [5.74, 6) is 1.68. The molecule has 1 aliphatic carbocycles. The molecule has 2 heterocycles. The van der Waals surface area contributed by atoms with Crippen LogP contribution in [0.5, 0.6) is 0 Å². The molecule has 2 fully saturated rings. The molecular weight excluding hydrogens is 216 g/mol. The van der Waals surface area contributed by atoms with Gasteiger partial charge in [-0.3, -0.25) is 4.90 Å². The molecule has 1 saturated heterocycles. The molecule has 3 rings (SSSR count). The molecule has 0 unspecified atom stereocenters. The van der Waals surface area contributed by atoms with Gasteiger partial charge in [0.2, 0.25) is 5.89 Å². The van der Waals surface area contributed by atoms with Crippen LogP contribution >= 0.6 is 0 Å². The summed E-state index contributed by atoms with van der Waals surface area (Å²) in [6, 6.07) is 0. The van der Waals surface area contributed by atoms with Crippen LogP contribution in [0.15, 0.2) is 4.52 Å². The fraction of sp³-hybridized carbons (Fsp3) is 0.833. The van der Waals surface area contributed by atoms with E-state index in [1.54, 1.807) is 0 Å². The van der Waals surface area contributed by atoms with Gasteiger partial charge in [-0.2, -0.15) is 4.98 Å². The Morgan fingerprint density at radius 3 is 3.06 bits per heavy atom. The van der Waals surface area contributed by atoms with Gasteiger partial charge >= 0.3 is 0 Å². The van der Waals surface area contributed by atoms with E-state index in [1.165, 1.54) is 19.3 Å². The molecule has 94 valence electrons. The van der Waals surface area contributed by atoms with Crippen LogP contribution in [0.1, 0.15) is 37.9 Å². The standard InChI is InChI=1S/C12H20N4O/c1-12(3-4-12)11-14-10(17-15-11)9-16-7-2-5-13-6-8-16/h13H,2-9H2,1H3. The zero-order chi connectivity index (χ0) is 11.7. The van der Waals surface area contributed by atoms with E-state index in [4.69, 9.17) is 4.52 Å². The summed E-state index contributed by atoms with van der Waals surface area (Å²) in [6.07, 6.45) is 3.58. The van der Waals surface area contributed by atoms with Crippen molar-refractivity contribution in [1.82, 2.24) is 20.4 Å². The van der Waals surface area contributed by atoms with Gasteiger partial charge in [0.1, 0.15) is 0 Å². The van der Waals surface area contributed by atoms with Crippen molar-refractivity contribution in [3.63, 3.8) is 0 Å². The topological polar surface area (TPSA) is 54.2 Å². The van der Waals surface area contributed by atoms with Gasteiger partial charge in [-0.25, -0.2) is 0 Å². The lowest BCUT2D eigenvalue weighted by Crippen LogP contribution is -2.27. The summed E-state index contributed by atoms with van der Waals surface area (Å²) >= 11 is 0. The van der Waals surface area contributed by atoms with Crippen LogP contribution in [0.2, 0.25) is 0 Å². The third kappa shape index (κ3) is 2.50. The summed E-state index contributed by atoms with van der Waals surface area (Å²) < 4.78 is 5.35. The van der Waals surface area contributed by atoms with Crippen molar-refractivity contribution in [2.24, 2.45) is 0 Å². The zero-order valence-electron chi connectivity index (χ0n) is 10.4. The maximum atomic E-state index is 5.35. The van der Waals surface area contributed by atoms with Crippen molar-refractivity contribution in [3.8, 4) is 0 Å². The Kier molecular flexibility index (Phi) is 2.88. The number of nitrogens with zero attached hydrogens (tertiary/aromatic N) is 3. The van der Waals surface area contributed by atoms with E-state index in [9.17, 15) is 0 Å². The van der Waals surface area contributed by atoms with Crippen LogP contribution in [0.3, 0.4) is 0 Å². The molecule has 0 amide bonds. The Balaban J connectivity index is 1.62. The number of hydrogen-bond acceptors (Lipinski definition) is 5. The lowest BCUT2D eigenvalue weighted by atomic mass is 10.1. The quantitative estimate of drug-likeness (QED) is 0.845. The summed E-state index contributed by atoms with van der Waals surface area (Å²) in [7, 11) is 0. The second-order valence-corrected chi connectivity index (χ2v) is 5.45. The van der Waals surface area contributed by atoms with Crippen molar-refractivity contribution >= 4 is 0 Å². The molecule has 17 heavy (non-hydrogen) atoms. The molecule has 5 nitrogen and oxygen atoms in total. The molecule has 5 heteroatoms. The Morgan fingerprint density at radius 2 is 2.24 bits per heavy atom. The van der Waals surface area contributed by atoms with Gasteiger partial charge in [-0.15, -0.1) is 0 Å². The highest BCUT2D eigenvalue weighted by atomic mass is 16.5. The minimum atomic E-state index is 0.210. The second kappa shape index (κ2) is 4.38. The maximum absolute atomic E-state index is 5.35. The van der Waals surface area contributed by atoms with Gasteiger partial charge in [-0.1, -0.05) is 12.1 Å². The highest BCUT2D eigenvalue weighted by molar-refractivity contribution is 5.14. The molecule has 0 atom stereocenters. The smallest absolute Gasteiger partial charge is 0.240 e. The predicted octanol–water partition coefficient (Wildman–Crippen LogP) is 0.916. The largest absolute Gasteiger partial charge is 0.338 e. The Morgan fingerprint density at radius 1 is 1.35 bits per heavy atom. The van der Waals surface area contributed by atoms with Crippen molar-refractivity contribution in [3.05, 3.63) is 11.7 Å². The van der Waals surface area contributed by atoms with E-state index in [0.29, 0.717) is 0 Å². The molecule has 1 aliphatic heterocycles. The van der Waals surface area contributed by atoms with Gasteiger partial charge < -0.3 is 9.84 Å². The Bertz CT molecular complexity index is 378. The van der Waals surface area contributed by atoms with E-state index in [2.05, 4.69) is 27.3 Å². The van der Waals surface area contributed by atoms with Crippen molar-refractivity contribution in [2.75, 3.05) is 26.2 Å². The predicted molar refractivity (Wildman–Crippen MR) is 63.6 cm³/mol. The van der Waals surface area contributed by atoms with Gasteiger partial charge in [-0.05, 0) is 32.4 Å². The Labute approximate surface area is 102 Å². The summed E-state index contributed by atoms with van der Waals surface area (Å²) in [5, 5.41) is 7.50. The number of aromatic nitrogens is 2. The minimum absolute atomic E-state index is 0.210. The van der Waals surface area contributed by atoms with E-state index >= 15 is 0 Å². The number of rotatable bonds is 3. The maximum Gasteiger partial charge on any atom is 0.240 e. The van der Waals surface area contributed by atoms with Crippen LogP contribution in [0, 0.1) is 0 Å². The summed E-state index contributed by atoms with van der Waals surface area (Å²) in [4.78, 5) is 6.91. The van der Waals surface area contributed by atoms with E-state index in [0.717, 1.165) is 44.4 Å². The van der Waals surface area contributed by atoms with Crippen LogP contribution < -0.4 is 5.32 Å². The fourth-order valence-electron chi connectivity index (χ4n) is 2.23. The average Bonchev–Trinajstić information content (AvgIpc) is 2.97. The first-order chi connectivity index (χ1) is 8.26. The highest BCUT2D eigenvalue weighted by Gasteiger charge is 2.43. The van der Waals surface area contributed by atoms with E-state index in [1.807, 2.05) is 0 Å².